The molecule has 2 heterocycles. The SMILES string of the molecule is Cc1nnc(NC(=O)N2CC(=O)NCC2C(=O)O)s1. The Kier molecular flexibility index (Phi) is 3.60. The number of nitrogens with one attached hydrogen (secondary N) is 2. The number of aryl methyl sites for hydroxylation is 1. The van der Waals surface area contributed by atoms with E-state index in [0.717, 1.165) is 16.2 Å². The van der Waals surface area contributed by atoms with Crippen molar-refractivity contribution in [2.24, 2.45) is 0 Å². The molecular weight excluding hydrogens is 274 g/mol. The quantitative estimate of drug-likeness (QED) is 0.657. The number of hydrogen-bond donors (Lipinski definition) is 3. The van der Waals surface area contributed by atoms with Gasteiger partial charge in [-0.1, -0.05) is 11.3 Å². The van der Waals surface area contributed by atoms with Gasteiger partial charge in [-0.05, 0) is 6.92 Å². The average molecular weight is 285 g/mol. The zero-order valence-electron chi connectivity index (χ0n) is 9.91. The second-order valence-electron chi connectivity index (χ2n) is 3.84. The topological polar surface area (TPSA) is 125 Å². The van der Waals surface area contributed by atoms with Crippen molar-refractivity contribution < 1.29 is 19.5 Å². The summed E-state index contributed by atoms with van der Waals surface area (Å²) in [5, 5.41) is 22.2. The zero-order chi connectivity index (χ0) is 14.0. The van der Waals surface area contributed by atoms with Gasteiger partial charge in [0.05, 0.1) is 0 Å². The molecule has 9 nitrogen and oxygen atoms in total. The van der Waals surface area contributed by atoms with Crippen LogP contribution in [0.4, 0.5) is 9.93 Å². The molecule has 10 heteroatoms. The predicted molar refractivity (Wildman–Crippen MR) is 64.8 cm³/mol. The van der Waals surface area contributed by atoms with E-state index in [1.54, 1.807) is 6.92 Å². The molecule has 19 heavy (non-hydrogen) atoms. The van der Waals surface area contributed by atoms with Gasteiger partial charge in [0.1, 0.15) is 17.6 Å². The molecule has 1 unspecified atom stereocenters. The molecule has 1 fully saturated rings. The first-order chi connectivity index (χ1) is 8.97. The maximum absolute atomic E-state index is 11.9. The predicted octanol–water partition coefficient (Wildman–Crippen LogP) is -0.737. The van der Waals surface area contributed by atoms with Crippen LogP contribution in [0, 0.1) is 6.92 Å². The average Bonchev–Trinajstić information content (AvgIpc) is 2.74. The van der Waals surface area contributed by atoms with E-state index in [1.807, 2.05) is 0 Å². The lowest BCUT2D eigenvalue weighted by atomic mass is 10.2. The Morgan fingerprint density at radius 1 is 1.53 bits per heavy atom. The number of nitrogens with zero attached hydrogens (tertiary/aromatic N) is 3. The lowest BCUT2D eigenvalue weighted by Crippen LogP contribution is -2.60. The van der Waals surface area contributed by atoms with Gasteiger partial charge >= 0.3 is 12.0 Å². The largest absolute Gasteiger partial charge is 0.480 e. The second-order valence-corrected chi connectivity index (χ2v) is 5.02. The Morgan fingerprint density at radius 2 is 2.26 bits per heavy atom. The summed E-state index contributed by atoms with van der Waals surface area (Å²) in [6, 6.07) is -1.77. The van der Waals surface area contributed by atoms with Crippen LogP contribution in [0.3, 0.4) is 0 Å². The van der Waals surface area contributed by atoms with Crippen molar-refractivity contribution in [3.63, 3.8) is 0 Å². The van der Waals surface area contributed by atoms with Gasteiger partial charge < -0.3 is 10.4 Å². The Morgan fingerprint density at radius 3 is 2.84 bits per heavy atom. The number of urea groups is 1. The Bertz CT molecular complexity index is 530. The fourth-order valence-electron chi connectivity index (χ4n) is 1.59. The maximum Gasteiger partial charge on any atom is 0.328 e. The highest BCUT2D eigenvalue weighted by molar-refractivity contribution is 7.15. The van der Waals surface area contributed by atoms with Crippen molar-refractivity contribution in [2.75, 3.05) is 18.4 Å². The standard InChI is InChI=1S/C9H11N5O4S/c1-4-12-13-8(19-4)11-9(18)14-3-6(15)10-2-5(14)7(16)17/h5H,2-3H2,1H3,(H,10,15)(H,16,17)(H,11,13,18). The molecule has 0 saturated carbocycles. The van der Waals surface area contributed by atoms with Crippen LogP contribution in [-0.2, 0) is 9.59 Å². The molecule has 0 bridgehead atoms. The number of rotatable bonds is 2. The number of piperazine rings is 1. The number of hydrogen-bond acceptors (Lipinski definition) is 6. The molecule has 2 rings (SSSR count). The van der Waals surface area contributed by atoms with E-state index in [1.165, 1.54) is 0 Å². The van der Waals surface area contributed by atoms with Crippen LogP contribution in [0.2, 0.25) is 0 Å². The minimum Gasteiger partial charge on any atom is -0.480 e. The van der Waals surface area contributed by atoms with Crippen LogP contribution < -0.4 is 10.6 Å². The summed E-state index contributed by atoms with van der Waals surface area (Å²) in [4.78, 5) is 35.2. The number of amides is 3. The van der Waals surface area contributed by atoms with Crippen molar-refractivity contribution in [3.05, 3.63) is 5.01 Å². The van der Waals surface area contributed by atoms with Crippen molar-refractivity contribution >= 4 is 34.4 Å². The summed E-state index contributed by atoms with van der Waals surface area (Å²) in [5.41, 5.74) is 0. The normalized spacial score (nSPS) is 18.9. The molecule has 102 valence electrons. The van der Waals surface area contributed by atoms with Gasteiger partial charge in [0.2, 0.25) is 11.0 Å². The summed E-state index contributed by atoms with van der Waals surface area (Å²) in [5.74, 6) is -1.58. The fraction of sp³-hybridized carbons (Fsp3) is 0.444. The van der Waals surface area contributed by atoms with Crippen LogP contribution in [-0.4, -0.2) is 57.2 Å². The number of carboxylic acid groups (broad SMARTS) is 1. The van der Waals surface area contributed by atoms with Gasteiger partial charge in [-0.2, -0.15) is 0 Å². The van der Waals surface area contributed by atoms with Gasteiger partial charge in [-0.15, -0.1) is 10.2 Å². The molecule has 3 N–H and O–H groups in total. The van der Waals surface area contributed by atoms with E-state index in [2.05, 4.69) is 20.8 Å². The highest BCUT2D eigenvalue weighted by Gasteiger charge is 2.35. The molecular formula is C9H11N5O4S. The highest BCUT2D eigenvalue weighted by atomic mass is 32.1. The van der Waals surface area contributed by atoms with Gasteiger partial charge in [0.25, 0.3) is 0 Å². The molecule has 1 atom stereocenters. The van der Waals surface area contributed by atoms with Crippen molar-refractivity contribution in [1.29, 1.82) is 0 Å². The molecule has 0 spiro atoms. The lowest BCUT2D eigenvalue weighted by Gasteiger charge is -2.32. The molecule has 0 radical (unpaired) electrons. The van der Waals surface area contributed by atoms with Crippen LogP contribution >= 0.6 is 11.3 Å². The summed E-state index contributed by atoms with van der Waals surface area (Å²) in [6.07, 6.45) is 0. The first-order valence-electron chi connectivity index (χ1n) is 5.34. The number of aromatic nitrogens is 2. The summed E-state index contributed by atoms with van der Waals surface area (Å²) < 4.78 is 0. The molecule has 0 aliphatic carbocycles. The van der Waals surface area contributed by atoms with E-state index >= 15 is 0 Å². The number of aliphatic carboxylic acids is 1. The number of carbonyl (C=O) groups is 3. The Balaban J connectivity index is 2.10. The minimum absolute atomic E-state index is 0.114. The van der Waals surface area contributed by atoms with Crippen LogP contribution in [0.15, 0.2) is 0 Å². The van der Waals surface area contributed by atoms with Crippen LogP contribution in [0.1, 0.15) is 5.01 Å². The van der Waals surface area contributed by atoms with Crippen LogP contribution in [0.25, 0.3) is 0 Å². The van der Waals surface area contributed by atoms with Gasteiger partial charge in [-0.25, -0.2) is 9.59 Å². The number of anilines is 1. The van der Waals surface area contributed by atoms with Crippen molar-refractivity contribution in [3.8, 4) is 0 Å². The monoisotopic (exact) mass is 285 g/mol. The third-order valence-corrected chi connectivity index (χ3v) is 3.22. The summed E-state index contributed by atoms with van der Waals surface area (Å²) >= 11 is 1.16. The Labute approximate surface area is 111 Å². The van der Waals surface area contributed by atoms with E-state index in [4.69, 9.17) is 5.11 Å². The molecule has 1 aliphatic rings. The van der Waals surface area contributed by atoms with E-state index in [-0.39, 0.29) is 18.2 Å². The van der Waals surface area contributed by atoms with Gasteiger partial charge in [-0.3, -0.25) is 15.0 Å². The molecule has 1 aromatic rings. The third-order valence-electron chi connectivity index (χ3n) is 2.47. The smallest absolute Gasteiger partial charge is 0.328 e. The molecule has 0 aromatic carbocycles. The zero-order valence-corrected chi connectivity index (χ0v) is 10.7. The molecule has 1 aliphatic heterocycles. The molecule has 1 aromatic heterocycles. The molecule has 1 saturated heterocycles. The van der Waals surface area contributed by atoms with Crippen molar-refractivity contribution in [2.45, 2.75) is 13.0 Å². The summed E-state index contributed by atoms with van der Waals surface area (Å²) in [7, 11) is 0. The highest BCUT2D eigenvalue weighted by Crippen LogP contribution is 2.15. The molecule has 3 amide bonds. The fourth-order valence-corrected chi connectivity index (χ4v) is 2.17. The lowest BCUT2D eigenvalue weighted by molar-refractivity contribution is -0.144. The van der Waals surface area contributed by atoms with Crippen LogP contribution in [0.5, 0.6) is 0 Å². The number of carboxylic acids is 1. The third kappa shape index (κ3) is 2.96. The maximum atomic E-state index is 11.9. The van der Waals surface area contributed by atoms with E-state index < -0.39 is 23.9 Å². The second kappa shape index (κ2) is 5.18. The minimum atomic E-state index is -1.18. The number of carbonyl (C=O) groups excluding carboxylic acids is 2. The van der Waals surface area contributed by atoms with Crippen molar-refractivity contribution in [1.82, 2.24) is 20.4 Å². The Hall–Kier alpha value is -2.23. The van der Waals surface area contributed by atoms with Gasteiger partial charge in [0, 0.05) is 6.54 Å². The van der Waals surface area contributed by atoms with E-state index in [0.29, 0.717) is 5.01 Å². The first kappa shape index (κ1) is 13.2. The van der Waals surface area contributed by atoms with Gasteiger partial charge in [0.15, 0.2) is 0 Å². The summed E-state index contributed by atoms with van der Waals surface area (Å²) in [6.45, 7) is 1.30. The first-order valence-corrected chi connectivity index (χ1v) is 6.16. The van der Waals surface area contributed by atoms with E-state index in [9.17, 15) is 14.4 Å².